The van der Waals surface area contributed by atoms with Crippen LogP contribution >= 0.6 is 15.9 Å². The van der Waals surface area contributed by atoms with Gasteiger partial charge in [0.25, 0.3) is 5.91 Å². The third-order valence-electron chi connectivity index (χ3n) is 3.30. The van der Waals surface area contributed by atoms with Crippen molar-refractivity contribution >= 4 is 21.8 Å². The zero-order valence-electron chi connectivity index (χ0n) is 12.6. The van der Waals surface area contributed by atoms with E-state index in [9.17, 15) is 4.79 Å². The van der Waals surface area contributed by atoms with Crippen LogP contribution in [0.15, 0.2) is 49.9 Å². The van der Waals surface area contributed by atoms with E-state index < -0.39 is 0 Å². The van der Waals surface area contributed by atoms with Crippen molar-refractivity contribution in [2.45, 2.75) is 13.5 Å². The lowest BCUT2D eigenvalue weighted by Crippen LogP contribution is -2.26. The molecule has 0 aliphatic carbocycles. The van der Waals surface area contributed by atoms with Gasteiger partial charge in [-0.1, -0.05) is 17.7 Å². The molecule has 0 aliphatic heterocycles. The minimum Gasteiger partial charge on any atom is -0.458 e. The number of nitrogens with zero attached hydrogens (tertiary/aromatic N) is 3. The molecule has 2 aromatic heterocycles. The summed E-state index contributed by atoms with van der Waals surface area (Å²) >= 11 is 3.27. The van der Waals surface area contributed by atoms with Crippen LogP contribution in [0.2, 0.25) is 0 Å². The molecule has 0 unspecified atom stereocenters. The van der Waals surface area contributed by atoms with Gasteiger partial charge in [-0.3, -0.25) is 4.79 Å². The van der Waals surface area contributed by atoms with Crippen LogP contribution in [0.5, 0.6) is 0 Å². The number of hydrogen-bond donors (Lipinski definition) is 0. The number of aryl methyl sites for hydroxylation is 1. The highest BCUT2D eigenvalue weighted by atomic mass is 79.9. The van der Waals surface area contributed by atoms with Crippen LogP contribution in [0, 0.1) is 6.92 Å². The maximum absolute atomic E-state index is 12.3. The Morgan fingerprint density at radius 3 is 2.61 bits per heavy atom. The largest absolute Gasteiger partial charge is 0.458 e. The third-order valence-corrected chi connectivity index (χ3v) is 3.92. The van der Waals surface area contributed by atoms with Crippen LogP contribution in [-0.2, 0) is 6.54 Å². The summed E-state index contributed by atoms with van der Waals surface area (Å²) in [6.45, 7) is 2.21. The first-order valence-electron chi connectivity index (χ1n) is 6.92. The van der Waals surface area contributed by atoms with Gasteiger partial charge < -0.3 is 13.7 Å². The summed E-state index contributed by atoms with van der Waals surface area (Å²) in [4.78, 5) is 13.7. The molecule has 0 fully saturated rings. The number of aromatic nitrogens is 2. The molecule has 118 valence electrons. The van der Waals surface area contributed by atoms with Crippen molar-refractivity contribution in [3.63, 3.8) is 0 Å². The fourth-order valence-corrected chi connectivity index (χ4v) is 2.40. The zero-order chi connectivity index (χ0) is 16.4. The number of benzene rings is 1. The average molecular weight is 376 g/mol. The predicted molar refractivity (Wildman–Crippen MR) is 86.7 cm³/mol. The van der Waals surface area contributed by atoms with E-state index in [1.54, 1.807) is 13.1 Å². The number of furan rings is 1. The van der Waals surface area contributed by atoms with Crippen LogP contribution < -0.4 is 0 Å². The fourth-order valence-electron chi connectivity index (χ4n) is 2.02. The summed E-state index contributed by atoms with van der Waals surface area (Å²) in [6.07, 6.45) is 1.45. The summed E-state index contributed by atoms with van der Waals surface area (Å²) in [5, 5.41) is 8.01. The Morgan fingerprint density at radius 2 is 1.96 bits per heavy atom. The lowest BCUT2D eigenvalue weighted by atomic mass is 10.1. The molecule has 0 aliphatic rings. The first-order chi connectivity index (χ1) is 11.0. The molecule has 1 amide bonds. The highest BCUT2D eigenvalue weighted by molar-refractivity contribution is 9.10. The van der Waals surface area contributed by atoms with Gasteiger partial charge in [-0.2, -0.15) is 0 Å². The van der Waals surface area contributed by atoms with Gasteiger partial charge in [0.15, 0.2) is 0 Å². The van der Waals surface area contributed by atoms with E-state index in [1.165, 1.54) is 11.2 Å². The molecule has 3 aromatic rings. The van der Waals surface area contributed by atoms with Crippen LogP contribution in [0.3, 0.4) is 0 Å². The molecule has 1 aromatic carbocycles. The molecular formula is C16H14BrN3O3. The fraction of sp³-hybridized carbons (Fsp3) is 0.188. The molecule has 0 radical (unpaired) electrons. The van der Waals surface area contributed by atoms with E-state index in [1.807, 2.05) is 31.2 Å². The summed E-state index contributed by atoms with van der Waals surface area (Å²) < 4.78 is 11.4. The minimum atomic E-state index is -0.267. The first-order valence-corrected chi connectivity index (χ1v) is 7.72. The number of carbonyl (C=O) groups excluding carboxylic acids is 1. The highest BCUT2D eigenvalue weighted by Crippen LogP contribution is 2.21. The molecule has 0 bridgehead atoms. The Morgan fingerprint density at radius 1 is 1.22 bits per heavy atom. The Balaban J connectivity index is 1.72. The lowest BCUT2D eigenvalue weighted by molar-refractivity contribution is 0.0740. The molecule has 3 rings (SSSR count). The maximum Gasteiger partial charge on any atom is 0.290 e. The highest BCUT2D eigenvalue weighted by Gasteiger charge is 2.20. The Bertz CT molecular complexity index is 823. The third kappa shape index (κ3) is 3.34. The van der Waals surface area contributed by atoms with Gasteiger partial charge in [-0.25, -0.2) is 0 Å². The van der Waals surface area contributed by atoms with Crippen molar-refractivity contribution in [1.82, 2.24) is 15.1 Å². The van der Waals surface area contributed by atoms with E-state index in [0.717, 1.165) is 11.1 Å². The van der Waals surface area contributed by atoms with Crippen LogP contribution in [0.1, 0.15) is 22.0 Å². The van der Waals surface area contributed by atoms with Gasteiger partial charge in [0.1, 0.15) is 0 Å². The van der Waals surface area contributed by atoms with Crippen molar-refractivity contribution in [3.8, 4) is 11.5 Å². The van der Waals surface area contributed by atoms with Gasteiger partial charge in [0.05, 0.1) is 17.3 Å². The number of hydrogen-bond acceptors (Lipinski definition) is 5. The topological polar surface area (TPSA) is 72.4 Å². The minimum absolute atomic E-state index is 0.199. The predicted octanol–water partition coefficient (Wildman–Crippen LogP) is 3.67. The summed E-state index contributed by atoms with van der Waals surface area (Å²) in [7, 11) is 1.65. The number of rotatable bonds is 4. The van der Waals surface area contributed by atoms with E-state index in [4.69, 9.17) is 8.83 Å². The monoisotopic (exact) mass is 375 g/mol. The smallest absolute Gasteiger partial charge is 0.290 e. The first kappa shape index (κ1) is 15.5. The van der Waals surface area contributed by atoms with Crippen LogP contribution in [0.25, 0.3) is 11.5 Å². The molecule has 2 heterocycles. The second-order valence-corrected chi connectivity index (χ2v) is 5.98. The molecule has 23 heavy (non-hydrogen) atoms. The van der Waals surface area contributed by atoms with Crippen molar-refractivity contribution < 1.29 is 13.6 Å². The van der Waals surface area contributed by atoms with E-state index in [2.05, 4.69) is 26.1 Å². The quantitative estimate of drug-likeness (QED) is 0.695. The second kappa shape index (κ2) is 6.37. The molecule has 0 saturated carbocycles. The molecular weight excluding hydrogens is 362 g/mol. The Labute approximate surface area is 141 Å². The van der Waals surface area contributed by atoms with E-state index >= 15 is 0 Å². The lowest BCUT2D eigenvalue weighted by Gasteiger charge is -2.13. The van der Waals surface area contributed by atoms with Crippen molar-refractivity contribution in [2.75, 3.05) is 7.05 Å². The maximum atomic E-state index is 12.3. The second-order valence-electron chi connectivity index (χ2n) is 5.13. The van der Waals surface area contributed by atoms with Gasteiger partial charge in [0, 0.05) is 12.6 Å². The zero-order valence-corrected chi connectivity index (χ0v) is 14.2. The van der Waals surface area contributed by atoms with Gasteiger partial charge in [-0.05, 0) is 41.1 Å². The Kier molecular flexibility index (Phi) is 4.29. The average Bonchev–Trinajstić information content (AvgIpc) is 3.16. The van der Waals surface area contributed by atoms with Crippen molar-refractivity contribution in [2.24, 2.45) is 0 Å². The molecule has 6 nitrogen and oxygen atoms in total. The van der Waals surface area contributed by atoms with Gasteiger partial charge in [-0.15, -0.1) is 10.2 Å². The van der Waals surface area contributed by atoms with Gasteiger partial charge >= 0.3 is 0 Å². The van der Waals surface area contributed by atoms with E-state index in [-0.39, 0.29) is 18.2 Å². The molecule has 0 saturated heterocycles. The number of carbonyl (C=O) groups is 1. The van der Waals surface area contributed by atoms with Gasteiger partial charge in [0.2, 0.25) is 17.5 Å². The molecule has 0 N–H and O–H groups in total. The molecule has 7 heteroatoms. The number of amides is 1. The SMILES string of the molecule is Cc1ccc(-c2nnc(CN(C)C(=O)c3occc3Br)o2)cc1. The summed E-state index contributed by atoms with van der Waals surface area (Å²) in [6, 6.07) is 9.46. The summed E-state index contributed by atoms with van der Waals surface area (Å²) in [5.41, 5.74) is 2.00. The Hall–Kier alpha value is -2.41. The number of halogens is 1. The molecule has 0 spiro atoms. The summed E-state index contributed by atoms with van der Waals surface area (Å²) in [5.74, 6) is 0.766. The van der Waals surface area contributed by atoms with Crippen molar-refractivity contribution in [3.05, 3.63) is 58.3 Å². The standard InChI is InChI=1S/C16H14BrN3O3/c1-10-3-5-11(6-4-10)15-19-18-13(23-15)9-20(2)16(21)14-12(17)7-8-22-14/h3-8H,9H2,1-2H3. The normalized spacial score (nSPS) is 10.7. The molecule has 0 atom stereocenters. The van der Waals surface area contributed by atoms with Crippen LogP contribution in [-0.4, -0.2) is 28.1 Å². The van der Waals surface area contributed by atoms with Crippen molar-refractivity contribution in [1.29, 1.82) is 0 Å². The van der Waals surface area contributed by atoms with Crippen LogP contribution in [0.4, 0.5) is 0 Å². The van der Waals surface area contributed by atoms with E-state index in [0.29, 0.717) is 16.3 Å².